The zero-order valence-electron chi connectivity index (χ0n) is 16.9. The Morgan fingerprint density at radius 3 is 1.70 bits per heavy atom. The Hall–Kier alpha value is -1.18. The molecule has 1 nitrogen and oxygen atoms in total. The van der Waals surface area contributed by atoms with Gasteiger partial charge in [-0.1, -0.05) is 78.0 Å². The third kappa shape index (κ3) is 23.2. The van der Waals surface area contributed by atoms with Gasteiger partial charge in [0, 0.05) is 0 Å². The van der Waals surface area contributed by atoms with E-state index < -0.39 is 0 Å². The van der Waals surface area contributed by atoms with Crippen LogP contribution in [0.2, 0.25) is 0 Å². The first-order valence-electron chi connectivity index (χ1n) is 8.94. The summed E-state index contributed by atoms with van der Waals surface area (Å²) in [7, 11) is 0. The van der Waals surface area contributed by atoms with E-state index in [2.05, 4.69) is 20.8 Å². The van der Waals surface area contributed by atoms with Crippen molar-refractivity contribution in [2.75, 3.05) is 0 Å². The minimum atomic E-state index is -0.124. The van der Waals surface area contributed by atoms with Gasteiger partial charge in [-0.05, 0) is 45.2 Å². The number of hydrogen-bond acceptors (Lipinski definition) is 1. The lowest BCUT2D eigenvalue weighted by atomic mass is 10.0. The van der Waals surface area contributed by atoms with Crippen molar-refractivity contribution in [2.24, 2.45) is 5.92 Å². The van der Waals surface area contributed by atoms with Crippen molar-refractivity contribution in [1.82, 2.24) is 0 Å². The minimum absolute atomic E-state index is 0.124. The molecule has 136 valence electrons. The summed E-state index contributed by atoms with van der Waals surface area (Å²) in [5.74, 6) is 1.01. The highest BCUT2D eigenvalue weighted by molar-refractivity contribution is 5.72. The van der Waals surface area contributed by atoms with Gasteiger partial charge in [0.1, 0.15) is 11.6 Å². The van der Waals surface area contributed by atoms with Crippen LogP contribution >= 0.6 is 0 Å². The number of carbonyl (C=O) groups excluding carboxylic acids is 1. The number of ketones is 1. The van der Waals surface area contributed by atoms with Crippen LogP contribution in [0.1, 0.15) is 85.3 Å². The van der Waals surface area contributed by atoms with E-state index in [1.54, 1.807) is 13.0 Å². The normalized spacial score (nSPS) is 8.83. The molecule has 1 rings (SSSR count). The monoisotopic (exact) mass is 326 g/mol. The number of rotatable bonds is 4. The van der Waals surface area contributed by atoms with Crippen molar-refractivity contribution >= 4 is 5.78 Å². The molecule has 0 saturated carbocycles. The van der Waals surface area contributed by atoms with Crippen molar-refractivity contribution < 1.29 is 9.18 Å². The van der Waals surface area contributed by atoms with Gasteiger partial charge in [-0.3, -0.25) is 0 Å². The van der Waals surface area contributed by atoms with E-state index in [0.717, 1.165) is 17.0 Å². The molecule has 0 atom stereocenters. The molecule has 2 heteroatoms. The average Bonchev–Trinajstić information content (AvgIpc) is 2.46. The second-order valence-electron chi connectivity index (χ2n) is 5.84. The summed E-state index contributed by atoms with van der Waals surface area (Å²) in [6, 6.07) is 5.09. The van der Waals surface area contributed by atoms with Gasteiger partial charge >= 0.3 is 0 Å². The standard InChI is InChI=1S/C8H9F.C8H18.C3H6O.C2H6/c1-6-3-4-8(9)7(2)5-6;1-4-6-8(3)7-5-2;1-3(2)4;1-2/h3-5H,1-2H3;8H,4-7H2,1-3H3;1-2H3;1-2H3. The zero-order valence-corrected chi connectivity index (χ0v) is 16.9. The van der Waals surface area contributed by atoms with Crippen molar-refractivity contribution in [3.05, 3.63) is 35.1 Å². The molecule has 0 unspecified atom stereocenters. The highest BCUT2D eigenvalue weighted by Crippen LogP contribution is 2.10. The fraction of sp³-hybridized carbons (Fsp3) is 0.667. The molecule has 0 fully saturated rings. The summed E-state index contributed by atoms with van der Waals surface area (Å²) in [5, 5.41) is 0. The molecule has 1 aromatic carbocycles. The van der Waals surface area contributed by atoms with Crippen LogP contribution in [0.25, 0.3) is 0 Å². The van der Waals surface area contributed by atoms with E-state index in [9.17, 15) is 9.18 Å². The smallest absolute Gasteiger partial charge is 0.126 e. The second-order valence-corrected chi connectivity index (χ2v) is 5.84. The Kier molecular flexibility index (Phi) is 21.9. The lowest BCUT2D eigenvalue weighted by Gasteiger charge is -2.05. The Balaban J connectivity index is -0.000000263. The first kappa shape index (κ1) is 26.7. The van der Waals surface area contributed by atoms with E-state index in [1.807, 2.05) is 26.8 Å². The quantitative estimate of drug-likeness (QED) is 0.568. The lowest BCUT2D eigenvalue weighted by Crippen LogP contribution is -1.91. The van der Waals surface area contributed by atoms with Crippen LogP contribution < -0.4 is 0 Å². The Morgan fingerprint density at radius 1 is 1.04 bits per heavy atom. The molecule has 0 radical (unpaired) electrons. The SMILES string of the molecule is CC.CC(C)=O.CCCC(C)CCC.Cc1ccc(F)c(C)c1. The molecule has 0 spiro atoms. The van der Waals surface area contributed by atoms with Gasteiger partial charge in [0.25, 0.3) is 0 Å². The predicted molar refractivity (Wildman–Crippen MR) is 103 cm³/mol. The van der Waals surface area contributed by atoms with Gasteiger partial charge in [-0.25, -0.2) is 4.39 Å². The number of benzene rings is 1. The summed E-state index contributed by atoms with van der Waals surface area (Å²) in [4.78, 5) is 9.44. The zero-order chi connectivity index (χ0) is 18.8. The second kappa shape index (κ2) is 18.9. The van der Waals surface area contributed by atoms with Gasteiger partial charge in [-0.15, -0.1) is 0 Å². The maximum Gasteiger partial charge on any atom is 0.126 e. The van der Waals surface area contributed by atoms with E-state index in [-0.39, 0.29) is 11.6 Å². The molecule has 0 saturated heterocycles. The lowest BCUT2D eigenvalue weighted by molar-refractivity contribution is -0.114. The van der Waals surface area contributed by atoms with Gasteiger partial charge in [0.2, 0.25) is 0 Å². The number of carbonyl (C=O) groups is 1. The predicted octanol–water partition coefficient (Wildman–Crippen LogP) is 7.29. The maximum absolute atomic E-state index is 12.5. The molecule has 0 bridgehead atoms. The molecule has 0 amide bonds. The Morgan fingerprint density at radius 2 is 1.43 bits per heavy atom. The average molecular weight is 327 g/mol. The summed E-state index contributed by atoms with van der Waals surface area (Å²) >= 11 is 0. The van der Waals surface area contributed by atoms with Crippen LogP contribution in [0, 0.1) is 25.6 Å². The maximum atomic E-state index is 12.5. The van der Waals surface area contributed by atoms with Crippen molar-refractivity contribution in [2.45, 2.75) is 88.0 Å². The first-order valence-corrected chi connectivity index (χ1v) is 8.94. The van der Waals surface area contributed by atoms with Crippen molar-refractivity contribution in [1.29, 1.82) is 0 Å². The molecule has 23 heavy (non-hydrogen) atoms. The summed E-state index contributed by atoms with van der Waals surface area (Å²) in [6.45, 7) is 17.6. The topological polar surface area (TPSA) is 17.1 Å². The first-order chi connectivity index (χ1) is 10.7. The third-order valence-electron chi connectivity index (χ3n) is 2.88. The van der Waals surface area contributed by atoms with Gasteiger partial charge < -0.3 is 4.79 Å². The number of halogens is 1. The molecule has 0 aliphatic heterocycles. The molecule has 1 aromatic rings. The molecule has 0 N–H and O–H groups in total. The van der Waals surface area contributed by atoms with Crippen LogP contribution in [0.5, 0.6) is 0 Å². The van der Waals surface area contributed by atoms with Gasteiger partial charge in [0.15, 0.2) is 0 Å². The molecule has 0 aliphatic rings. The fourth-order valence-corrected chi connectivity index (χ4v) is 1.92. The van der Waals surface area contributed by atoms with Crippen LogP contribution in [0.4, 0.5) is 4.39 Å². The molecular formula is C21H39FO. The molecule has 0 aliphatic carbocycles. The van der Waals surface area contributed by atoms with Gasteiger partial charge in [0.05, 0.1) is 0 Å². The van der Waals surface area contributed by atoms with E-state index >= 15 is 0 Å². The minimum Gasteiger partial charge on any atom is -0.300 e. The summed E-state index contributed by atoms with van der Waals surface area (Å²) < 4.78 is 12.5. The van der Waals surface area contributed by atoms with Crippen LogP contribution in [0.3, 0.4) is 0 Å². The third-order valence-corrected chi connectivity index (χ3v) is 2.88. The van der Waals surface area contributed by atoms with Crippen LogP contribution in [0.15, 0.2) is 18.2 Å². The molecular weight excluding hydrogens is 287 g/mol. The van der Waals surface area contributed by atoms with Gasteiger partial charge in [-0.2, -0.15) is 0 Å². The molecule has 0 heterocycles. The van der Waals surface area contributed by atoms with Crippen molar-refractivity contribution in [3.63, 3.8) is 0 Å². The largest absolute Gasteiger partial charge is 0.300 e. The molecule has 0 aromatic heterocycles. The Bertz CT molecular complexity index is 375. The number of Topliss-reactive ketones (excluding diaryl/α,β-unsaturated/α-hetero) is 1. The highest BCUT2D eigenvalue weighted by atomic mass is 19.1. The highest BCUT2D eigenvalue weighted by Gasteiger charge is 1.95. The summed E-state index contributed by atoms with van der Waals surface area (Å²) in [5.41, 5.74) is 1.82. The van der Waals surface area contributed by atoms with E-state index in [1.165, 1.54) is 45.6 Å². The Labute approximate surface area is 144 Å². The van der Waals surface area contributed by atoms with E-state index in [0.29, 0.717) is 0 Å². The fourth-order valence-electron chi connectivity index (χ4n) is 1.92. The number of aryl methyl sites for hydroxylation is 2. The summed E-state index contributed by atoms with van der Waals surface area (Å²) in [6.07, 6.45) is 5.52. The van der Waals surface area contributed by atoms with Crippen LogP contribution in [-0.4, -0.2) is 5.78 Å². The van der Waals surface area contributed by atoms with Crippen molar-refractivity contribution in [3.8, 4) is 0 Å². The van der Waals surface area contributed by atoms with E-state index in [4.69, 9.17) is 0 Å². The van der Waals surface area contributed by atoms with Crippen LogP contribution in [-0.2, 0) is 4.79 Å². The number of hydrogen-bond donors (Lipinski definition) is 0.